The maximum Gasteiger partial charge on any atom is 0.180 e. The van der Waals surface area contributed by atoms with Crippen LogP contribution in [0.25, 0.3) is 49.7 Å². The average Bonchev–Trinajstić information content (AvgIpc) is 3.39. The van der Waals surface area contributed by atoms with Crippen LogP contribution in [0.3, 0.4) is 0 Å². The van der Waals surface area contributed by atoms with E-state index in [2.05, 4.69) is 180 Å². The van der Waals surface area contributed by atoms with Crippen molar-refractivity contribution in [2.45, 2.75) is 0 Å². The van der Waals surface area contributed by atoms with Gasteiger partial charge in [-0.15, -0.1) is 0 Å². The van der Waals surface area contributed by atoms with Crippen molar-refractivity contribution >= 4 is 50.6 Å². The molecule has 0 saturated heterocycles. The number of benzene rings is 7. The van der Waals surface area contributed by atoms with Crippen molar-refractivity contribution in [2.75, 3.05) is 0 Å². The van der Waals surface area contributed by atoms with E-state index >= 15 is 0 Å². The molecule has 0 fully saturated rings. The summed E-state index contributed by atoms with van der Waals surface area (Å²) in [7, 11) is -2.76. The molecule has 9 rings (SSSR count). The average molecular weight is 576 g/mol. The zero-order chi connectivity index (χ0) is 29.1. The lowest BCUT2D eigenvalue weighted by Gasteiger charge is -2.35. The number of rotatable bonds is 3. The molecular weight excluding hydrogens is 547 g/mol. The highest BCUT2D eigenvalue weighted by Crippen LogP contribution is 2.44. The summed E-state index contributed by atoms with van der Waals surface area (Å²) in [5.41, 5.74) is 8.92. The molecule has 1 aliphatic heterocycles. The second-order valence-corrected chi connectivity index (χ2v) is 15.4. The van der Waals surface area contributed by atoms with E-state index in [-0.39, 0.29) is 0 Å². The SMILES string of the molecule is c1ccc(-n2c3ccccc3c3ccc4c(c32)-c2ccccc2[Si](c2ccccc2)(c2ccccc2)c2ccccc2-4)cc1. The van der Waals surface area contributed by atoms with Gasteiger partial charge in [-0.05, 0) is 55.6 Å². The molecule has 0 radical (unpaired) electrons. The molecule has 0 spiro atoms. The molecule has 0 amide bonds. The number of aromatic nitrogens is 1. The molecular formula is C42H29NSi. The zero-order valence-electron chi connectivity index (χ0n) is 24.2. The van der Waals surface area contributed by atoms with Crippen molar-refractivity contribution in [3.05, 3.63) is 176 Å². The Morgan fingerprint density at radius 1 is 0.364 bits per heavy atom. The first-order valence-electron chi connectivity index (χ1n) is 15.3. The maximum absolute atomic E-state index is 2.76. The first kappa shape index (κ1) is 25.1. The minimum absolute atomic E-state index is 1.18. The van der Waals surface area contributed by atoms with Crippen LogP contribution < -0.4 is 20.7 Å². The fourth-order valence-electron chi connectivity index (χ4n) is 7.78. The molecule has 7 aromatic carbocycles. The number of hydrogen-bond acceptors (Lipinski definition) is 0. The number of fused-ring (bicyclic) bond motifs is 9. The Labute approximate surface area is 258 Å². The van der Waals surface area contributed by atoms with Gasteiger partial charge >= 0.3 is 0 Å². The molecule has 0 N–H and O–H groups in total. The molecule has 0 saturated carbocycles. The molecule has 1 aliphatic rings. The lowest BCUT2D eigenvalue weighted by molar-refractivity contribution is 1.18. The van der Waals surface area contributed by atoms with Gasteiger partial charge in [0.05, 0.1) is 11.0 Å². The second-order valence-electron chi connectivity index (χ2n) is 11.6. The summed E-state index contributed by atoms with van der Waals surface area (Å²) in [5.74, 6) is 0. The topological polar surface area (TPSA) is 4.93 Å². The molecule has 0 unspecified atom stereocenters. The van der Waals surface area contributed by atoms with Crippen molar-refractivity contribution in [1.29, 1.82) is 0 Å². The van der Waals surface area contributed by atoms with Crippen LogP contribution in [-0.4, -0.2) is 12.6 Å². The quantitative estimate of drug-likeness (QED) is 0.189. The van der Waals surface area contributed by atoms with E-state index in [1.165, 1.54) is 70.5 Å². The van der Waals surface area contributed by atoms with Crippen LogP contribution in [0.5, 0.6) is 0 Å². The van der Waals surface area contributed by atoms with E-state index < -0.39 is 8.07 Å². The molecule has 1 nitrogen and oxygen atoms in total. The molecule has 0 aliphatic carbocycles. The summed E-state index contributed by atoms with van der Waals surface area (Å²) >= 11 is 0. The molecule has 0 bridgehead atoms. The number of hydrogen-bond donors (Lipinski definition) is 0. The molecule has 0 atom stereocenters. The highest BCUT2D eigenvalue weighted by molar-refractivity contribution is 7.21. The van der Waals surface area contributed by atoms with Crippen molar-refractivity contribution in [3.63, 3.8) is 0 Å². The van der Waals surface area contributed by atoms with Gasteiger partial charge in [0, 0.05) is 22.0 Å². The van der Waals surface area contributed by atoms with E-state index in [0.29, 0.717) is 0 Å². The third-order valence-electron chi connectivity index (χ3n) is 9.49. The molecule has 8 aromatic rings. The monoisotopic (exact) mass is 575 g/mol. The van der Waals surface area contributed by atoms with Crippen LogP contribution in [-0.2, 0) is 0 Å². The Morgan fingerprint density at radius 2 is 0.886 bits per heavy atom. The summed E-state index contributed by atoms with van der Waals surface area (Å²) in [5, 5.41) is 8.23. The van der Waals surface area contributed by atoms with E-state index in [4.69, 9.17) is 0 Å². The standard InChI is InChI=1S/C42H29NSi/c1-4-16-30(17-5-1)43-38-25-13-10-22-33(38)36-29-28-35-34-23-11-14-26-39(34)44(31-18-6-2-7-19-31,32-20-8-3-9-21-32)40-27-15-12-24-37(40)41(35)42(36)43/h1-29H. The predicted octanol–water partition coefficient (Wildman–Crippen LogP) is 7.81. The Morgan fingerprint density at radius 3 is 1.57 bits per heavy atom. The second kappa shape index (κ2) is 9.80. The van der Waals surface area contributed by atoms with Crippen LogP contribution >= 0.6 is 0 Å². The molecule has 44 heavy (non-hydrogen) atoms. The van der Waals surface area contributed by atoms with Gasteiger partial charge in [0.25, 0.3) is 0 Å². The summed E-state index contributed by atoms with van der Waals surface area (Å²) in [6.45, 7) is 0. The van der Waals surface area contributed by atoms with Crippen LogP contribution in [0.4, 0.5) is 0 Å². The first-order chi connectivity index (χ1) is 21.9. The third kappa shape index (κ3) is 3.40. The van der Waals surface area contributed by atoms with Crippen LogP contribution in [0.15, 0.2) is 176 Å². The van der Waals surface area contributed by atoms with Gasteiger partial charge in [-0.25, -0.2) is 0 Å². The van der Waals surface area contributed by atoms with Crippen molar-refractivity contribution in [2.24, 2.45) is 0 Å². The normalized spacial score (nSPS) is 13.2. The Balaban J connectivity index is 1.55. The van der Waals surface area contributed by atoms with Gasteiger partial charge in [-0.1, -0.05) is 158 Å². The minimum Gasteiger partial charge on any atom is -0.309 e. The van der Waals surface area contributed by atoms with Gasteiger partial charge in [0.15, 0.2) is 8.07 Å². The maximum atomic E-state index is 2.49. The van der Waals surface area contributed by atoms with E-state index in [0.717, 1.165) is 0 Å². The van der Waals surface area contributed by atoms with E-state index in [1.54, 1.807) is 0 Å². The summed E-state index contributed by atoms with van der Waals surface area (Å²) in [6, 6.07) is 65.5. The highest BCUT2D eigenvalue weighted by Gasteiger charge is 2.46. The number of nitrogens with zero attached hydrogens (tertiary/aromatic N) is 1. The fraction of sp³-hybridized carbons (Fsp3) is 0. The van der Waals surface area contributed by atoms with Crippen LogP contribution in [0.2, 0.25) is 0 Å². The predicted molar refractivity (Wildman–Crippen MR) is 189 cm³/mol. The third-order valence-corrected chi connectivity index (χ3v) is 14.4. The van der Waals surface area contributed by atoms with Crippen LogP contribution in [0.1, 0.15) is 0 Å². The minimum atomic E-state index is -2.76. The van der Waals surface area contributed by atoms with Gasteiger partial charge in [-0.3, -0.25) is 0 Å². The number of para-hydroxylation sites is 2. The highest BCUT2D eigenvalue weighted by atomic mass is 28.3. The smallest absolute Gasteiger partial charge is 0.180 e. The van der Waals surface area contributed by atoms with Crippen molar-refractivity contribution in [1.82, 2.24) is 4.57 Å². The van der Waals surface area contributed by atoms with Crippen molar-refractivity contribution < 1.29 is 0 Å². The molecule has 2 heteroatoms. The summed E-state index contributed by atoms with van der Waals surface area (Å²) < 4.78 is 2.49. The molecule has 2 heterocycles. The summed E-state index contributed by atoms with van der Waals surface area (Å²) in [4.78, 5) is 0. The van der Waals surface area contributed by atoms with Gasteiger partial charge in [0.1, 0.15) is 0 Å². The van der Waals surface area contributed by atoms with Gasteiger partial charge in [-0.2, -0.15) is 0 Å². The zero-order valence-corrected chi connectivity index (χ0v) is 25.2. The van der Waals surface area contributed by atoms with E-state index in [1.807, 2.05) is 0 Å². The van der Waals surface area contributed by atoms with Crippen molar-refractivity contribution in [3.8, 4) is 27.9 Å². The lowest BCUT2D eigenvalue weighted by Crippen LogP contribution is -2.75. The Hall–Kier alpha value is -5.44. The Kier molecular flexibility index (Phi) is 5.59. The largest absolute Gasteiger partial charge is 0.309 e. The first-order valence-corrected chi connectivity index (χ1v) is 17.3. The molecule has 1 aromatic heterocycles. The lowest BCUT2D eigenvalue weighted by atomic mass is 9.92. The van der Waals surface area contributed by atoms with Gasteiger partial charge in [0.2, 0.25) is 0 Å². The van der Waals surface area contributed by atoms with E-state index in [9.17, 15) is 0 Å². The summed E-state index contributed by atoms with van der Waals surface area (Å²) in [6.07, 6.45) is 0. The van der Waals surface area contributed by atoms with Crippen LogP contribution in [0, 0.1) is 0 Å². The fourth-order valence-corrected chi connectivity index (χ4v) is 13.0. The van der Waals surface area contributed by atoms with Gasteiger partial charge < -0.3 is 4.57 Å². The molecule has 206 valence electrons. The Bertz CT molecular complexity index is 2280.